The molecular formula is C17H21NOS. The van der Waals surface area contributed by atoms with Gasteiger partial charge in [-0.1, -0.05) is 36.4 Å². The number of ether oxygens (including phenoxy) is 1. The fourth-order valence-electron chi connectivity index (χ4n) is 2.10. The predicted molar refractivity (Wildman–Crippen MR) is 86.6 cm³/mol. The Kier molecular flexibility index (Phi) is 5.96. The number of rotatable bonds is 7. The van der Waals surface area contributed by atoms with Gasteiger partial charge in [0.15, 0.2) is 0 Å². The van der Waals surface area contributed by atoms with E-state index in [1.807, 2.05) is 30.0 Å². The lowest BCUT2D eigenvalue weighted by Crippen LogP contribution is -2.21. The Morgan fingerprint density at radius 1 is 1.05 bits per heavy atom. The maximum Gasteiger partial charge on any atom is 0.123 e. The van der Waals surface area contributed by atoms with Crippen molar-refractivity contribution in [1.82, 2.24) is 5.32 Å². The van der Waals surface area contributed by atoms with Gasteiger partial charge in [-0.25, -0.2) is 0 Å². The Morgan fingerprint density at radius 3 is 2.50 bits per heavy atom. The predicted octanol–water partition coefficient (Wildman–Crippen LogP) is 4.14. The van der Waals surface area contributed by atoms with Crippen LogP contribution in [0.2, 0.25) is 0 Å². The Balaban J connectivity index is 1.79. The minimum absolute atomic E-state index is 0.294. The van der Waals surface area contributed by atoms with Crippen LogP contribution in [0.3, 0.4) is 0 Å². The van der Waals surface area contributed by atoms with Crippen LogP contribution in [-0.4, -0.2) is 19.4 Å². The third-order valence-corrected chi connectivity index (χ3v) is 4.18. The van der Waals surface area contributed by atoms with Gasteiger partial charge >= 0.3 is 0 Å². The minimum atomic E-state index is 0.294. The lowest BCUT2D eigenvalue weighted by Gasteiger charge is -2.17. The molecule has 0 saturated heterocycles. The van der Waals surface area contributed by atoms with Crippen molar-refractivity contribution >= 4 is 11.8 Å². The van der Waals surface area contributed by atoms with Crippen molar-refractivity contribution in [2.45, 2.75) is 17.9 Å². The normalized spacial score (nSPS) is 12.1. The molecule has 0 bridgehead atoms. The summed E-state index contributed by atoms with van der Waals surface area (Å²) in [5.74, 6) is 2.01. The van der Waals surface area contributed by atoms with E-state index in [-0.39, 0.29) is 0 Å². The fourth-order valence-corrected chi connectivity index (χ4v) is 2.90. The summed E-state index contributed by atoms with van der Waals surface area (Å²) in [6.07, 6.45) is 0. The van der Waals surface area contributed by atoms with Crippen LogP contribution in [0.4, 0.5) is 0 Å². The minimum Gasteiger partial charge on any atom is -0.496 e. The van der Waals surface area contributed by atoms with E-state index in [1.54, 1.807) is 7.11 Å². The number of thioether (sulfide) groups is 1. The second kappa shape index (κ2) is 7.98. The molecule has 0 aromatic heterocycles. The first kappa shape index (κ1) is 14.9. The number of hydrogen-bond donors (Lipinski definition) is 1. The topological polar surface area (TPSA) is 21.3 Å². The maximum absolute atomic E-state index is 5.40. The third-order valence-electron chi connectivity index (χ3n) is 3.17. The van der Waals surface area contributed by atoms with E-state index < -0.39 is 0 Å². The van der Waals surface area contributed by atoms with Gasteiger partial charge in [0.1, 0.15) is 5.75 Å². The molecule has 0 fully saturated rings. The summed E-state index contributed by atoms with van der Waals surface area (Å²) in [4.78, 5) is 1.32. The molecule has 20 heavy (non-hydrogen) atoms. The molecule has 0 aliphatic carbocycles. The zero-order chi connectivity index (χ0) is 14.2. The van der Waals surface area contributed by atoms with E-state index in [1.165, 1.54) is 10.5 Å². The molecule has 106 valence electrons. The van der Waals surface area contributed by atoms with Crippen LogP contribution in [-0.2, 0) is 0 Å². The van der Waals surface area contributed by atoms with E-state index >= 15 is 0 Å². The van der Waals surface area contributed by atoms with E-state index in [9.17, 15) is 0 Å². The number of hydrogen-bond acceptors (Lipinski definition) is 3. The quantitative estimate of drug-likeness (QED) is 0.611. The second-order valence-electron chi connectivity index (χ2n) is 4.58. The van der Waals surface area contributed by atoms with Gasteiger partial charge in [-0.3, -0.25) is 0 Å². The standard InChI is InChI=1S/C17H21NOS/c1-14(16-10-6-7-11-17(16)19-2)18-12-13-20-15-8-4-3-5-9-15/h3-11,14,18H,12-13H2,1-2H3/t14-/m1/s1. The number of benzene rings is 2. The summed E-state index contributed by atoms with van der Waals surface area (Å²) in [7, 11) is 1.72. The first-order valence-corrected chi connectivity index (χ1v) is 7.84. The van der Waals surface area contributed by atoms with E-state index in [0.29, 0.717) is 6.04 Å². The van der Waals surface area contributed by atoms with Crippen molar-refractivity contribution in [2.24, 2.45) is 0 Å². The Labute approximate surface area is 125 Å². The molecule has 0 aliphatic rings. The molecule has 2 aromatic rings. The fraction of sp³-hybridized carbons (Fsp3) is 0.294. The summed E-state index contributed by atoms with van der Waals surface area (Å²) < 4.78 is 5.40. The highest BCUT2D eigenvalue weighted by Crippen LogP contribution is 2.24. The van der Waals surface area contributed by atoms with Crippen LogP contribution in [0.25, 0.3) is 0 Å². The van der Waals surface area contributed by atoms with Crippen molar-refractivity contribution in [1.29, 1.82) is 0 Å². The lowest BCUT2D eigenvalue weighted by atomic mass is 10.1. The third kappa shape index (κ3) is 4.29. The first-order chi connectivity index (χ1) is 9.81. The molecule has 0 spiro atoms. The van der Waals surface area contributed by atoms with E-state index in [4.69, 9.17) is 4.74 Å². The van der Waals surface area contributed by atoms with Crippen molar-refractivity contribution in [2.75, 3.05) is 19.4 Å². The molecule has 1 N–H and O–H groups in total. The van der Waals surface area contributed by atoms with Crippen molar-refractivity contribution < 1.29 is 4.74 Å². The molecular weight excluding hydrogens is 266 g/mol. The summed E-state index contributed by atoms with van der Waals surface area (Å²) >= 11 is 1.87. The van der Waals surface area contributed by atoms with Gasteiger partial charge in [0, 0.05) is 28.8 Å². The number of methoxy groups -OCH3 is 1. The summed E-state index contributed by atoms with van der Waals surface area (Å²) in [5.41, 5.74) is 1.21. The van der Waals surface area contributed by atoms with Crippen molar-refractivity contribution in [3.05, 3.63) is 60.2 Å². The monoisotopic (exact) mass is 287 g/mol. The smallest absolute Gasteiger partial charge is 0.123 e. The molecule has 0 saturated carbocycles. The Morgan fingerprint density at radius 2 is 1.75 bits per heavy atom. The molecule has 0 amide bonds. The SMILES string of the molecule is COc1ccccc1[C@@H](C)NCCSc1ccccc1. The molecule has 0 heterocycles. The molecule has 1 atom stereocenters. The van der Waals surface area contributed by atoms with Crippen LogP contribution in [0.1, 0.15) is 18.5 Å². The average Bonchev–Trinajstić information content (AvgIpc) is 2.52. The van der Waals surface area contributed by atoms with Crippen LogP contribution < -0.4 is 10.1 Å². The van der Waals surface area contributed by atoms with Gasteiger partial charge in [-0.15, -0.1) is 11.8 Å². The largest absolute Gasteiger partial charge is 0.496 e. The lowest BCUT2D eigenvalue weighted by molar-refractivity contribution is 0.402. The zero-order valence-electron chi connectivity index (χ0n) is 12.0. The van der Waals surface area contributed by atoms with E-state index in [0.717, 1.165) is 18.0 Å². The first-order valence-electron chi connectivity index (χ1n) is 6.85. The van der Waals surface area contributed by atoms with Crippen molar-refractivity contribution in [3.63, 3.8) is 0 Å². The number of nitrogens with one attached hydrogen (secondary N) is 1. The van der Waals surface area contributed by atoms with Crippen LogP contribution in [0, 0.1) is 0 Å². The van der Waals surface area contributed by atoms with Gasteiger partial charge in [0.05, 0.1) is 7.11 Å². The Hall–Kier alpha value is -1.45. The molecule has 0 radical (unpaired) electrons. The van der Waals surface area contributed by atoms with Crippen LogP contribution in [0.15, 0.2) is 59.5 Å². The van der Waals surface area contributed by atoms with Gasteiger partial charge in [-0.2, -0.15) is 0 Å². The van der Waals surface area contributed by atoms with E-state index in [2.05, 4.69) is 48.6 Å². The van der Waals surface area contributed by atoms with Gasteiger partial charge in [0.25, 0.3) is 0 Å². The zero-order valence-corrected chi connectivity index (χ0v) is 12.8. The van der Waals surface area contributed by atoms with Crippen molar-refractivity contribution in [3.8, 4) is 5.75 Å². The molecule has 2 nitrogen and oxygen atoms in total. The van der Waals surface area contributed by atoms with Gasteiger partial charge in [0.2, 0.25) is 0 Å². The average molecular weight is 287 g/mol. The summed E-state index contributed by atoms with van der Waals surface area (Å²) in [5, 5.41) is 3.54. The molecule has 0 aliphatic heterocycles. The van der Waals surface area contributed by atoms with Gasteiger partial charge < -0.3 is 10.1 Å². The maximum atomic E-state index is 5.40. The highest BCUT2D eigenvalue weighted by atomic mass is 32.2. The summed E-state index contributed by atoms with van der Waals surface area (Å²) in [6, 6.07) is 19.0. The van der Waals surface area contributed by atoms with Crippen LogP contribution in [0.5, 0.6) is 5.75 Å². The van der Waals surface area contributed by atoms with Gasteiger partial charge in [-0.05, 0) is 25.1 Å². The number of para-hydroxylation sites is 1. The highest BCUT2D eigenvalue weighted by molar-refractivity contribution is 7.99. The molecule has 2 rings (SSSR count). The summed E-state index contributed by atoms with van der Waals surface area (Å²) in [6.45, 7) is 3.14. The molecule has 2 aromatic carbocycles. The second-order valence-corrected chi connectivity index (χ2v) is 5.75. The molecule has 0 unspecified atom stereocenters. The Bertz CT molecular complexity index is 515. The highest BCUT2D eigenvalue weighted by Gasteiger charge is 2.09. The van der Waals surface area contributed by atoms with Crippen LogP contribution >= 0.6 is 11.8 Å². The molecule has 3 heteroatoms.